The largest absolute Gasteiger partial charge is 0.353 e. The van der Waals surface area contributed by atoms with Gasteiger partial charge in [-0.05, 0) is 19.1 Å². The van der Waals surface area contributed by atoms with Gasteiger partial charge in [0.05, 0.1) is 12.1 Å². The molecule has 1 saturated heterocycles. The number of hydrogen-bond acceptors (Lipinski definition) is 6. The molecule has 1 unspecified atom stereocenters. The molecule has 0 bridgehead atoms. The van der Waals surface area contributed by atoms with Gasteiger partial charge in [0.2, 0.25) is 0 Å². The molecule has 6 nitrogen and oxygen atoms in total. The van der Waals surface area contributed by atoms with E-state index in [1.54, 1.807) is 18.3 Å². The Kier molecular flexibility index (Phi) is 4.26. The van der Waals surface area contributed by atoms with Gasteiger partial charge in [-0.25, -0.2) is 13.4 Å². The Hall–Kier alpha value is -1.65. The first-order chi connectivity index (χ1) is 9.43. The van der Waals surface area contributed by atoms with Crippen LogP contribution >= 0.6 is 0 Å². The van der Waals surface area contributed by atoms with Gasteiger partial charge in [0.25, 0.3) is 0 Å². The fourth-order valence-corrected chi connectivity index (χ4v) is 3.15. The predicted molar refractivity (Wildman–Crippen MR) is 76.2 cm³/mol. The number of nitriles is 1. The van der Waals surface area contributed by atoms with Crippen LogP contribution in [0.2, 0.25) is 0 Å². The van der Waals surface area contributed by atoms with Crippen molar-refractivity contribution in [1.82, 2.24) is 9.88 Å². The van der Waals surface area contributed by atoms with Crippen LogP contribution in [0.4, 0.5) is 5.82 Å². The minimum atomic E-state index is -3.29. The van der Waals surface area contributed by atoms with Crippen LogP contribution in [0, 0.1) is 11.3 Å². The molecule has 1 atom stereocenters. The molecule has 7 heteroatoms. The summed E-state index contributed by atoms with van der Waals surface area (Å²) in [4.78, 5) is 8.54. The lowest BCUT2D eigenvalue weighted by atomic mass is 10.2. The molecule has 0 spiro atoms. The van der Waals surface area contributed by atoms with Crippen molar-refractivity contribution >= 4 is 15.7 Å². The van der Waals surface area contributed by atoms with Crippen molar-refractivity contribution in [2.45, 2.75) is 17.9 Å². The fourth-order valence-electron chi connectivity index (χ4n) is 2.31. The van der Waals surface area contributed by atoms with E-state index in [2.05, 4.69) is 16.0 Å². The predicted octanol–water partition coefficient (Wildman–Crippen LogP) is 0.519. The molecule has 0 saturated carbocycles. The van der Waals surface area contributed by atoms with E-state index in [0.29, 0.717) is 18.9 Å². The SMILES string of the molecule is CC(C#N)N1CCN(c2ncccc2S(C)(=O)=O)CC1. The molecule has 108 valence electrons. The Bertz CT molecular complexity index is 616. The van der Waals surface area contributed by atoms with E-state index in [1.807, 2.05) is 11.8 Å². The maximum Gasteiger partial charge on any atom is 0.179 e. The van der Waals surface area contributed by atoms with Crippen LogP contribution in [0.25, 0.3) is 0 Å². The lowest BCUT2D eigenvalue weighted by molar-refractivity contribution is 0.231. The van der Waals surface area contributed by atoms with E-state index in [1.165, 1.54) is 6.26 Å². The molecule has 2 heterocycles. The van der Waals surface area contributed by atoms with Gasteiger partial charge in [-0.1, -0.05) is 0 Å². The molecule has 20 heavy (non-hydrogen) atoms. The molecular formula is C13H18N4O2S. The van der Waals surface area contributed by atoms with Crippen LogP contribution in [-0.2, 0) is 9.84 Å². The third-order valence-electron chi connectivity index (χ3n) is 3.50. The number of pyridine rings is 1. The summed E-state index contributed by atoms with van der Waals surface area (Å²) in [5.41, 5.74) is 0. The summed E-state index contributed by atoms with van der Waals surface area (Å²) in [6.07, 6.45) is 2.80. The van der Waals surface area contributed by atoms with Gasteiger partial charge in [0.15, 0.2) is 9.84 Å². The van der Waals surface area contributed by atoms with Crippen molar-refractivity contribution in [1.29, 1.82) is 5.26 Å². The second-order valence-corrected chi connectivity index (χ2v) is 6.91. The van der Waals surface area contributed by atoms with E-state index in [0.717, 1.165) is 13.1 Å². The van der Waals surface area contributed by atoms with E-state index in [4.69, 9.17) is 5.26 Å². The van der Waals surface area contributed by atoms with Gasteiger partial charge in [-0.2, -0.15) is 5.26 Å². The Morgan fingerprint density at radius 3 is 2.55 bits per heavy atom. The van der Waals surface area contributed by atoms with Crippen molar-refractivity contribution in [3.05, 3.63) is 18.3 Å². The Balaban J connectivity index is 2.18. The van der Waals surface area contributed by atoms with Crippen molar-refractivity contribution < 1.29 is 8.42 Å². The van der Waals surface area contributed by atoms with E-state index < -0.39 is 9.84 Å². The van der Waals surface area contributed by atoms with E-state index >= 15 is 0 Å². The molecule has 1 aromatic rings. The van der Waals surface area contributed by atoms with Gasteiger partial charge in [-0.3, -0.25) is 4.90 Å². The van der Waals surface area contributed by atoms with Crippen LogP contribution in [0.1, 0.15) is 6.92 Å². The average Bonchev–Trinajstić information content (AvgIpc) is 2.46. The third-order valence-corrected chi connectivity index (χ3v) is 4.62. The number of piperazine rings is 1. The van der Waals surface area contributed by atoms with Crippen molar-refractivity contribution in [2.24, 2.45) is 0 Å². The lowest BCUT2D eigenvalue weighted by Crippen LogP contribution is -2.49. The highest BCUT2D eigenvalue weighted by Gasteiger charge is 2.25. The monoisotopic (exact) mass is 294 g/mol. The summed E-state index contributed by atoms with van der Waals surface area (Å²) >= 11 is 0. The van der Waals surface area contributed by atoms with Gasteiger partial charge in [0, 0.05) is 38.6 Å². The maximum absolute atomic E-state index is 11.8. The van der Waals surface area contributed by atoms with Gasteiger partial charge >= 0.3 is 0 Å². The first-order valence-electron chi connectivity index (χ1n) is 6.47. The molecule has 0 amide bonds. The fraction of sp³-hybridized carbons (Fsp3) is 0.538. The van der Waals surface area contributed by atoms with Crippen molar-refractivity contribution in [2.75, 3.05) is 37.3 Å². The summed E-state index contributed by atoms with van der Waals surface area (Å²) < 4.78 is 23.6. The minimum absolute atomic E-state index is 0.115. The van der Waals surface area contributed by atoms with Gasteiger partial charge < -0.3 is 4.90 Å². The zero-order valence-corrected chi connectivity index (χ0v) is 12.5. The molecule has 1 aliphatic rings. The molecular weight excluding hydrogens is 276 g/mol. The highest BCUT2D eigenvalue weighted by atomic mass is 32.2. The number of nitrogens with zero attached hydrogens (tertiary/aromatic N) is 4. The standard InChI is InChI=1S/C13H18N4O2S/c1-11(10-14)16-6-8-17(9-7-16)13-12(20(2,18)19)4-3-5-15-13/h3-5,11H,6-9H2,1-2H3. The third kappa shape index (κ3) is 3.08. The molecule has 0 aromatic carbocycles. The zero-order valence-electron chi connectivity index (χ0n) is 11.7. The van der Waals surface area contributed by atoms with Gasteiger partial charge in [-0.15, -0.1) is 0 Å². The Morgan fingerprint density at radius 2 is 2.00 bits per heavy atom. The number of hydrogen-bond donors (Lipinski definition) is 0. The number of anilines is 1. The summed E-state index contributed by atoms with van der Waals surface area (Å²) in [5.74, 6) is 0.513. The first kappa shape index (κ1) is 14.8. The van der Waals surface area contributed by atoms with Crippen LogP contribution in [0.5, 0.6) is 0 Å². The molecule has 2 rings (SSSR count). The van der Waals surface area contributed by atoms with Crippen LogP contribution in [-0.4, -0.2) is 56.8 Å². The Morgan fingerprint density at radius 1 is 1.35 bits per heavy atom. The van der Waals surface area contributed by atoms with Crippen LogP contribution in [0.15, 0.2) is 23.2 Å². The molecule has 1 fully saturated rings. The molecule has 0 N–H and O–H groups in total. The lowest BCUT2D eigenvalue weighted by Gasteiger charge is -2.36. The van der Waals surface area contributed by atoms with E-state index in [9.17, 15) is 8.42 Å². The maximum atomic E-state index is 11.8. The Labute approximate surface area is 119 Å². The second-order valence-electron chi connectivity index (χ2n) is 4.93. The quantitative estimate of drug-likeness (QED) is 0.809. The molecule has 0 aliphatic carbocycles. The molecule has 0 radical (unpaired) electrons. The summed E-state index contributed by atoms with van der Waals surface area (Å²) in [5, 5.41) is 8.92. The summed E-state index contributed by atoms with van der Waals surface area (Å²) in [6, 6.07) is 5.32. The van der Waals surface area contributed by atoms with Crippen LogP contribution < -0.4 is 4.90 Å². The smallest absolute Gasteiger partial charge is 0.179 e. The van der Waals surface area contributed by atoms with Crippen LogP contribution in [0.3, 0.4) is 0 Å². The molecule has 1 aliphatic heterocycles. The topological polar surface area (TPSA) is 77.3 Å². The van der Waals surface area contributed by atoms with Crippen molar-refractivity contribution in [3.63, 3.8) is 0 Å². The second kappa shape index (κ2) is 5.77. The highest BCUT2D eigenvalue weighted by Crippen LogP contribution is 2.23. The number of rotatable bonds is 3. The van der Waals surface area contributed by atoms with E-state index in [-0.39, 0.29) is 10.9 Å². The summed E-state index contributed by atoms with van der Waals surface area (Å²) in [6.45, 7) is 4.68. The zero-order chi connectivity index (χ0) is 14.8. The average molecular weight is 294 g/mol. The summed E-state index contributed by atoms with van der Waals surface area (Å²) in [7, 11) is -3.29. The number of aromatic nitrogens is 1. The number of sulfone groups is 1. The normalized spacial score (nSPS) is 18.6. The molecule has 1 aromatic heterocycles. The first-order valence-corrected chi connectivity index (χ1v) is 8.36. The minimum Gasteiger partial charge on any atom is -0.353 e. The highest BCUT2D eigenvalue weighted by molar-refractivity contribution is 7.90. The van der Waals surface area contributed by atoms with Crippen molar-refractivity contribution in [3.8, 4) is 6.07 Å². The van der Waals surface area contributed by atoms with Gasteiger partial charge in [0.1, 0.15) is 10.7 Å².